The number of fused-ring (bicyclic) bond motifs is 1. The second-order valence-electron chi connectivity index (χ2n) is 10.4. The van der Waals surface area contributed by atoms with E-state index in [1.165, 1.54) is 38.0 Å². The maximum atomic E-state index is 13.7. The van der Waals surface area contributed by atoms with Crippen molar-refractivity contribution in [3.05, 3.63) is 97.8 Å². The molecule has 4 aromatic heterocycles. The third-order valence-corrected chi connectivity index (χ3v) is 7.23. The van der Waals surface area contributed by atoms with Gasteiger partial charge in [0.2, 0.25) is 0 Å². The molecule has 0 bridgehead atoms. The van der Waals surface area contributed by atoms with Gasteiger partial charge in [-0.2, -0.15) is 0 Å². The summed E-state index contributed by atoms with van der Waals surface area (Å²) >= 11 is 0. The van der Waals surface area contributed by atoms with Crippen LogP contribution in [0.25, 0.3) is 11.0 Å². The maximum absolute atomic E-state index is 13.7. The molecule has 1 saturated carbocycles. The van der Waals surface area contributed by atoms with Gasteiger partial charge in [-0.1, -0.05) is 0 Å². The highest BCUT2D eigenvalue weighted by Gasteiger charge is 2.26. The fraction of sp³-hybridized carbons (Fsp3) is 0.400. The smallest absolute Gasteiger partial charge is 0.285 e. The molecule has 0 atom stereocenters. The second-order valence-corrected chi connectivity index (χ2v) is 10.4. The minimum atomic E-state index is -0.936. The Bertz CT molecular complexity index is 1550. The largest absolute Gasteiger partial charge is 0.370 e. The van der Waals surface area contributed by atoms with Gasteiger partial charge in [0.25, 0.3) is 5.56 Å². The lowest BCUT2D eigenvalue weighted by atomic mass is 10.1. The van der Waals surface area contributed by atoms with Crippen LogP contribution in [0.4, 0.5) is 10.1 Å². The molecule has 2 aliphatic rings. The van der Waals surface area contributed by atoms with E-state index in [1.54, 1.807) is 12.4 Å². The van der Waals surface area contributed by atoms with Crippen molar-refractivity contribution in [1.29, 1.82) is 0 Å². The van der Waals surface area contributed by atoms with E-state index < -0.39 is 11.4 Å². The van der Waals surface area contributed by atoms with Gasteiger partial charge in [0.1, 0.15) is 5.65 Å². The highest BCUT2D eigenvalue weighted by molar-refractivity contribution is 5.75. The van der Waals surface area contributed by atoms with E-state index in [0.29, 0.717) is 24.3 Å². The van der Waals surface area contributed by atoms with Gasteiger partial charge in [0, 0.05) is 61.6 Å². The summed E-state index contributed by atoms with van der Waals surface area (Å²) in [6.07, 6.45) is 11.5. The van der Waals surface area contributed by atoms with Crippen molar-refractivity contribution in [3.8, 4) is 0 Å². The Balaban J connectivity index is 0.000000198. The van der Waals surface area contributed by atoms with Crippen LogP contribution in [0.1, 0.15) is 60.7 Å². The number of anilines is 1. The molecule has 8 nitrogen and oxygen atoms in total. The number of piperidine rings is 1. The fourth-order valence-corrected chi connectivity index (χ4v) is 4.96. The highest BCUT2D eigenvalue weighted by atomic mass is 19.1. The molecule has 39 heavy (non-hydrogen) atoms. The number of halogens is 1. The van der Waals surface area contributed by atoms with Crippen molar-refractivity contribution in [3.63, 3.8) is 0 Å². The van der Waals surface area contributed by atoms with E-state index in [-0.39, 0.29) is 16.9 Å². The van der Waals surface area contributed by atoms with Crippen molar-refractivity contribution >= 4 is 16.7 Å². The first-order chi connectivity index (χ1) is 18.9. The Hall–Kier alpha value is -3.85. The number of aryl methyl sites for hydroxylation is 2. The van der Waals surface area contributed by atoms with Crippen molar-refractivity contribution in [2.45, 2.75) is 65.1 Å². The van der Waals surface area contributed by atoms with Crippen LogP contribution < -0.4 is 21.2 Å². The van der Waals surface area contributed by atoms with E-state index in [2.05, 4.69) is 37.3 Å². The summed E-state index contributed by atoms with van der Waals surface area (Å²) in [7, 11) is 0. The second kappa shape index (κ2) is 11.9. The summed E-state index contributed by atoms with van der Waals surface area (Å²) in [6.45, 7) is 7.32. The SMILES string of the molecule is Cc1cc(CNCc2cn(C3CC3)c3[nH]c(=O)c(F)cc3c2=O)ccn1.Cc1ccc(N2CCCCC2)cn1. The van der Waals surface area contributed by atoms with Crippen LogP contribution in [0.5, 0.6) is 0 Å². The number of hydrogen-bond donors (Lipinski definition) is 2. The molecule has 2 N–H and O–H groups in total. The van der Waals surface area contributed by atoms with Crippen molar-refractivity contribution < 1.29 is 4.39 Å². The molecule has 1 aliphatic carbocycles. The molecule has 6 rings (SSSR count). The molecule has 4 aromatic rings. The minimum absolute atomic E-state index is 0.216. The predicted octanol–water partition coefficient (Wildman–Crippen LogP) is 4.54. The summed E-state index contributed by atoms with van der Waals surface area (Å²) in [5, 5.41) is 3.47. The van der Waals surface area contributed by atoms with E-state index in [1.807, 2.05) is 36.7 Å². The Morgan fingerprint density at radius 3 is 2.49 bits per heavy atom. The van der Waals surface area contributed by atoms with Crippen LogP contribution in [0.3, 0.4) is 0 Å². The predicted molar refractivity (Wildman–Crippen MR) is 152 cm³/mol. The quantitative estimate of drug-likeness (QED) is 0.380. The van der Waals surface area contributed by atoms with Crippen molar-refractivity contribution in [2.75, 3.05) is 18.0 Å². The lowest BCUT2D eigenvalue weighted by Gasteiger charge is -2.28. The molecule has 0 unspecified atom stereocenters. The number of rotatable bonds is 6. The molecule has 1 saturated heterocycles. The van der Waals surface area contributed by atoms with Crippen LogP contribution >= 0.6 is 0 Å². The summed E-state index contributed by atoms with van der Waals surface area (Å²) in [5.74, 6) is -0.936. The van der Waals surface area contributed by atoms with Crippen molar-refractivity contribution in [2.24, 2.45) is 0 Å². The number of aromatic nitrogens is 4. The zero-order chi connectivity index (χ0) is 27.4. The summed E-state index contributed by atoms with van der Waals surface area (Å²) in [6, 6.07) is 9.46. The fourth-order valence-electron chi connectivity index (χ4n) is 4.96. The van der Waals surface area contributed by atoms with Crippen molar-refractivity contribution in [1.82, 2.24) is 24.8 Å². The monoisotopic (exact) mass is 530 g/mol. The molecule has 0 radical (unpaired) electrons. The third kappa shape index (κ3) is 6.60. The number of H-pyrrole nitrogens is 1. The van der Waals surface area contributed by atoms with Gasteiger partial charge in [-0.05, 0) is 81.8 Å². The highest BCUT2D eigenvalue weighted by Crippen LogP contribution is 2.36. The topological polar surface area (TPSA) is 95.9 Å². The summed E-state index contributed by atoms with van der Waals surface area (Å²) in [5.41, 5.74) is 4.29. The molecule has 204 valence electrons. The Kier molecular flexibility index (Phi) is 8.16. The molecule has 9 heteroatoms. The van der Waals surface area contributed by atoms with Crippen LogP contribution in [0.2, 0.25) is 0 Å². The Morgan fingerprint density at radius 2 is 1.79 bits per heavy atom. The molecule has 0 amide bonds. The van der Waals surface area contributed by atoms with E-state index in [0.717, 1.165) is 35.9 Å². The average Bonchev–Trinajstić information content (AvgIpc) is 3.78. The first kappa shape index (κ1) is 26.7. The van der Waals surface area contributed by atoms with Gasteiger partial charge in [-0.3, -0.25) is 19.6 Å². The zero-order valence-electron chi connectivity index (χ0n) is 22.5. The third-order valence-electron chi connectivity index (χ3n) is 7.23. The number of nitrogens with one attached hydrogen (secondary N) is 2. The normalized spacial score (nSPS) is 15.2. The maximum Gasteiger partial charge on any atom is 0.285 e. The molecule has 1 aliphatic heterocycles. The van der Waals surface area contributed by atoms with Gasteiger partial charge < -0.3 is 19.8 Å². The molecular weight excluding hydrogens is 495 g/mol. The molecule has 0 spiro atoms. The van der Waals surface area contributed by atoms with E-state index in [9.17, 15) is 14.0 Å². The number of hydrogen-bond acceptors (Lipinski definition) is 6. The summed E-state index contributed by atoms with van der Waals surface area (Å²) < 4.78 is 15.6. The first-order valence-electron chi connectivity index (χ1n) is 13.7. The standard InChI is InChI=1S/C19H19FN4O2.C11H16N2/c1-11-6-12(4-5-22-11)8-21-9-13-10-24(14-2-3-14)18-15(17(13)25)7-16(20)19(26)23-18;1-10-5-6-11(9-12-10)13-7-3-2-4-8-13/h4-7,10,14,21H,2-3,8-9H2,1H3,(H,23,26);5-6,9H,2-4,7-8H2,1H3. The van der Waals surface area contributed by atoms with Gasteiger partial charge in [-0.15, -0.1) is 0 Å². The first-order valence-corrected chi connectivity index (χ1v) is 13.7. The molecule has 5 heterocycles. The molecule has 0 aromatic carbocycles. The molecular formula is C30H35FN6O2. The van der Waals surface area contributed by atoms with Crippen LogP contribution in [-0.2, 0) is 13.1 Å². The lowest BCUT2D eigenvalue weighted by Crippen LogP contribution is -2.29. The van der Waals surface area contributed by atoms with Gasteiger partial charge >= 0.3 is 0 Å². The van der Waals surface area contributed by atoms with Crippen LogP contribution in [0, 0.1) is 19.7 Å². The summed E-state index contributed by atoms with van der Waals surface area (Å²) in [4.78, 5) is 37.8. The lowest BCUT2D eigenvalue weighted by molar-refractivity contribution is 0.577. The van der Waals surface area contributed by atoms with Crippen LogP contribution in [-0.4, -0.2) is 32.6 Å². The van der Waals surface area contributed by atoms with Crippen LogP contribution in [0.15, 0.2) is 58.5 Å². The number of aromatic amines is 1. The van der Waals surface area contributed by atoms with Gasteiger partial charge in [0.15, 0.2) is 11.2 Å². The Morgan fingerprint density at radius 1 is 1.00 bits per heavy atom. The number of pyridine rings is 4. The zero-order valence-corrected chi connectivity index (χ0v) is 22.5. The van der Waals surface area contributed by atoms with Gasteiger partial charge in [0.05, 0.1) is 17.3 Å². The average molecular weight is 531 g/mol. The van der Waals surface area contributed by atoms with E-state index >= 15 is 0 Å². The number of nitrogens with zero attached hydrogens (tertiary/aromatic N) is 4. The Labute approximate surface area is 226 Å². The van der Waals surface area contributed by atoms with Gasteiger partial charge in [-0.25, -0.2) is 4.39 Å². The minimum Gasteiger partial charge on any atom is -0.370 e. The van der Waals surface area contributed by atoms with E-state index in [4.69, 9.17) is 0 Å². The molecule has 2 fully saturated rings.